The van der Waals surface area contributed by atoms with Crippen LogP contribution in [0.15, 0.2) is 67.0 Å². The highest BCUT2D eigenvalue weighted by Crippen LogP contribution is 2.36. The number of carbonyl (C=O) groups is 2. The van der Waals surface area contributed by atoms with Gasteiger partial charge < -0.3 is 29.2 Å². The smallest absolute Gasteiger partial charge is 0.323 e. The van der Waals surface area contributed by atoms with Crippen LogP contribution in [-0.2, 0) is 34.1 Å². The largest absolute Gasteiger partial charge is 0.488 e. The van der Waals surface area contributed by atoms with Crippen molar-refractivity contribution < 1.29 is 28.5 Å². The van der Waals surface area contributed by atoms with Gasteiger partial charge in [-0.05, 0) is 79.3 Å². The Morgan fingerprint density at radius 3 is 2.48 bits per heavy atom. The zero-order chi connectivity index (χ0) is 35.0. The van der Waals surface area contributed by atoms with E-state index < -0.39 is 0 Å². The van der Waals surface area contributed by atoms with E-state index in [-0.39, 0.29) is 37.7 Å². The molecule has 0 radical (unpaired) electrons. The normalized spacial score (nSPS) is 15.7. The standard InChI is InChI=1S/C39H39ClN4O6/c1-25-29(6-3-7-31(25)32-8-4-9-33(26(32)2)38(45)44-12-14-47-15-13-44)23-49-37-18-36(48-22-28-16-27(19-41)20-42-21-28)30(17-34(37)40)24-50-39(46)35-10-5-11-43-35/h3-4,6-9,16-18,20-21,35,43H,5,10-15,22-24H2,1-2H3/t35-/m0/s1. The van der Waals surface area contributed by atoms with E-state index in [0.29, 0.717) is 65.1 Å². The highest BCUT2D eigenvalue weighted by Gasteiger charge is 2.25. The molecule has 0 spiro atoms. The third-order valence-corrected chi connectivity index (χ3v) is 9.43. The van der Waals surface area contributed by atoms with Gasteiger partial charge in [0.05, 0.1) is 23.8 Å². The molecule has 258 valence electrons. The fourth-order valence-electron chi connectivity index (χ4n) is 6.24. The average Bonchev–Trinajstić information content (AvgIpc) is 3.69. The molecule has 0 bridgehead atoms. The van der Waals surface area contributed by atoms with Crippen LogP contribution < -0.4 is 14.8 Å². The SMILES string of the molecule is Cc1c(COc2cc(OCc3cncc(C#N)c3)c(COC(=O)[C@@H]3CCCN3)cc2Cl)cccc1-c1cccc(C(=O)N2CCOCC2)c1C. The second-order valence-corrected chi connectivity index (χ2v) is 12.8. The highest BCUT2D eigenvalue weighted by atomic mass is 35.5. The summed E-state index contributed by atoms with van der Waals surface area (Å²) in [4.78, 5) is 32.0. The lowest BCUT2D eigenvalue weighted by atomic mass is 9.91. The predicted octanol–water partition coefficient (Wildman–Crippen LogP) is 6.32. The van der Waals surface area contributed by atoms with Gasteiger partial charge in [-0.1, -0.05) is 41.9 Å². The Balaban J connectivity index is 1.22. The zero-order valence-corrected chi connectivity index (χ0v) is 28.9. The number of nitrogens with one attached hydrogen (secondary N) is 1. The summed E-state index contributed by atoms with van der Waals surface area (Å²) in [5, 5.41) is 12.8. The van der Waals surface area contributed by atoms with Gasteiger partial charge in [-0.25, -0.2) is 0 Å². The second-order valence-electron chi connectivity index (χ2n) is 12.4. The lowest BCUT2D eigenvalue weighted by Gasteiger charge is -2.27. The summed E-state index contributed by atoms with van der Waals surface area (Å²) in [5.41, 5.74) is 7.29. The molecule has 2 fully saturated rings. The van der Waals surface area contributed by atoms with Crippen molar-refractivity contribution in [1.29, 1.82) is 5.26 Å². The van der Waals surface area contributed by atoms with Gasteiger partial charge in [-0.2, -0.15) is 5.26 Å². The number of ether oxygens (including phenoxy) is 4. The molecule has 2 saturated heterocycles. The Bertz CT molecular complexity index is 1910. The summed E-state index contributed by atoms with van der Waals surface area (Å²) < 4.78 is 23.6. The van der Waals surface area contributed by atoms with Crippen molar-refractivity contribution in [1.82, 2.24) is 15.2 Å². The van der Waals surface area contributed by atoms with Crippen LogP contribution in [0.1, 0.15) is 56.6 Å². The topological polar surface area (TPSA) is 123 Å². The van der Waals surface area contributed by atoms with Crippen molar-refractivity contribution in [3.8, 4) is 28.7 Å². The summed E-state index contributed by atoms with van der Waals surface area (Å²) >= 11 is 6.74. The number of hydrogen-bond donors (Lipinski definition) is 1. The molecule has 1 atom stereocenters. The number of benzene rings is 3. The van der Waals surface area contributed by atoms with Crippen LogP contribution >= 0.6 is 11.6 Å². The number of nitriles is 1. The van der Waals surface area contributed by atoms with Gasteiger partial charge >= 0.3 is 5.97 Å². The summed E-state index contributed by atoms with van der Waals surface area (Å²) in [6.45, 7) is 7.39. The molecule has 3 heterocycles. The lowest BCUT2D eigenvalue weighted by Crippen LogP contribution is -2.41. The van der Waals surface area contributed by atoms with E-state index in [2.05, 4.69) is 22.4 Å². The third-order valence-electron chi connectivity index (χ3n) is 9.13. The number of morpholine rings is 1. The number of rotatable bonds is 11. The fourth-order valence-corrected chi connectivity index (χ4v) is 6.48. The summed E-state index contributed by atoms with van der Waals surface area (Å²) in [6, 6.07) is 18.7. The van der Waals surface area contributed by atoms with Gasteiger partial charge in [0, 0.05) is 48.2 Å². The van der Waals surface area contributed by atoms with Crippen LogP contribution in [0.25, 0.3) is 11.1 Å². The van der Waals surface area contributed by atoms with Crippen molar-refractivity contribution >= 4 is 23.5 Å². The van der Waals surface area contributed by atoms with Gasteiger partial charge in [0.1, 0.15) is 43.4 Å². The first-order chi connectivity index (χ1) is 24.3. The van der Waals surface area contributed by atoms with Crippen LogP contribution in [-0.4, -0.2) is 60.7 Å². The summed E-state index contributed by atoms with van der Waals surface area (Å²) in [5.74, 6) is 0.524. The Morgan fingerprint density at radius 1 is 0.960 bits per heavy atom. The first-order valence-electron chi connectivity index (χ1n) is 16.7. The highest BCUT2D eigenvalue weighted by molar-refractivity contribution is 6.32. The van der Waals surface area contributed by atoms with Gasteiger partial charge in [0.25, 0.3) is 5.91 Å². The number of hydrogen-bond acceptors (Lipinski definition) is 9. The summed E-state index contributed by atoms with van der Waals surface area (Å²) in [6.07, 6.45) is 4.77. The molecule has 3 aromatic carbocycles. The molecule has 1 amide bonds. The quantitative estimate of drug-likeness (QED) is 0.180. The maximum absolute atomic E-state index is 13.4. The second kappa shape index (κ2) is 16.2. The Morgan fingerprint density at radius 2 is 1.72 bits per heavy atom. The van der Waals surface area contributed by atoms with Crippen LogP contribution in [0.2, 0.25) is 5.02 Å². The van der Waals surface area contributed by atoms with Gasteiger partial charge in [0.15, 0.2) is 0 Å². The molecule has 0 saturated carbocycles. The van der Waals surface area contributed by atoms with Crippen LogP contribution in [0.5, 0.6) is 11.5 Å². The minimum atomic E-state index is -0.326. The zero-order valence-electron chi connectivity index (χ0n) is 28.2. The van der Waals surface area contributed by atoms with Crippen molar-refractivity contribution in [3.63, 3.8) is 0 Å². The maximum atomic E-state index is 13.4. The van der Waals surface area contributed by atoms with Crippen LogP contribution in [0.4, 0.5) is 0 Å². The molecule has 1 N–H and O–H groups in total. The van der Waals surface area contributed by atoms with E-state index in [1.165, 1.54) is 6.20 Å². The Hall–Kier alpha value is -4.95. The molecule has 4 aromatic rings. The molecular weight excluding hydrogens is 656 g/mol. The minimum Gasteiger partial charge on any atom is -0.488 e. The van der Waals surface area contributed by atoms with Gasteiger partial charge in [-0.15, -0.1) is 0 Å². The molecule has 11 heteroatoms. The van der Waals surface area contributed by atoms with Gasteiger partial charge in [-0.3, -0.25) is 14.6 Å². The molecular formula is C39H39ClN4O6. The van der Waals surface area contributed by atoms with Crippen LogP contribution in [0.3, 0.4) is 0 Å². The number of nitrogens with zero attached hydrogens (tertiary/aromatic N) is 3. The van der Waals surface area contributed by atoms with E-state index in [9.17, 15) is 14.9 Å². The fraction of sp³-hybridized carbons (Fsp3) is 0.333. The molecule has 50 heavy (non-hydrogen) atoms. The lowest BCUT2D eigenvalue weighted by molar-refractivity contribution is -0.147. The Kier molecular flexibility index (Phi) is 11.3. The summed E-state index contributed by atoms with van der Waals surface area (Å²) in [7, 11) is 0. The first kappa shape index (κ1) is 34.9. The number of halogens is 1. The maximum Gasteiger partial charge on any atom is 0.323 e. The minimum absolute atomic E-state index is 0.0138. The van der Waals surface area contributed by atoms with E-state index in [1.54, 1.807) is 24.4 Å². The van der Waals surface area contributed by atoms with Crippen molar-refractivity contribution in [2.75, 3.05) is 32.8 Å². The monoisotopic (exact) mass is 694 g/mol. The van der Waals surface area contributed by atoms with Crippen LogP contribution in [0, 0.1) is 25.2 Å². The first-order valence-corrected chi connectivity index (χ1v) is 17.1. The average molecular weight is 695 g/mol. The van der Waals surface area contributed by atoms with Crippen molar-refractivity contribution in [2.24, 2.45) is 0 Å². The van der Waals surface area contributed by atoms with Crippen molar-refractivity contribution in [3.05, 3.63) is 111 Å². The van der Waals surface area contributed by atoms with E-state index in [1.807, 2.05) is 49.1 Å². The molecule has 6 rings (SSSR count). The molecule has 0 aliphatic carbocycles. The molecule has 2 aliphatic heterocycles. The molecule has 1 aromatic heterocycles. The predicted molar refractivity (Wildman–Crippen MR) is 188 cm³/mol. The molecule has 10 nitrogen and oxygen atoms in total. The number of pyridine rings is 1. The number of amides is 1. The Labute approximate surface area is 296 Å². The number of aromatic nitrogens is 1. The molecule has 0 unspecified atom stereocenters. The van der Waals surface area contributed by atoms with Crippen molar-refractivity contribution in [2.45, 2.75) is 52.6 Å². The van der Waals surface area contributed by atoms with E-state index in [4.69, 9.17) is 30.5 Å². The van der Waals surface area contributed by atoms with E-state index >= 15 is 0 Å². The molecule has 2 aliphatic rings. The van der Waals surface area contributed by atoms with E-state index in [0.717, 1.165) is 47.2 Å². The number of carbonyl (C=O) groups excluding carboxylic acids is 2. The van der Waals surface area contributed by atoms with Gasteiger partial charge in [0.2, 0.25) is 0 Å². The number of esters is 1. The third kappa shape index (κ3) is 8.08.